The minimum atomic E-state index is -0.0335. The summed E-state index contributed by atoms with van der Waals surface area (Å²) in [6.07, 6.45) is 2.97. The van der Waals surface area contributed by atoms with Crippen molar-refractivity contribution in [1.29, 1.82) is 0 Å². The molecule has 7 heteroatoms. The summed E-state index contributed by atoms with van der Waals surface area (Å²) < 4.78 is 11.0. The maximum Gasteiger partial charge on any atom is 0.220 e. The average Bonchev–Trinajstić information content (AvgIpc) is 3.37. The number of hydrogen-bond acceptors (Lipinski definition) is 6. The first-order valence-electron chi connectivity index (χ1n) is 8.92. The Bertz CT molecular complexity index is 678. The van der Waals surface area contributed by atoms with Gasteiger partial charge in [0.1, 0.15) is 5.76 Å². The molecule has 2 aromatic heterocycles. The molecule has 0 aromatic carbocycles. The molecule has 1 saturated heterocycles. The molecule has 26 heavy (non-hydrogen) atoms. The zero-order valence-corrected chi connectivity index (χ0v) is 15.5. The molecule has 0 aliphatic carbocycles. The molecule has 1 unspecified atom stereocenters. The van der Waals surface area contributed by atoms with Crippen LogP contribution in [0.5, 0.6) is 0 Å². The van der Waals surface area contributed by atoms with E-state index < -0.39 is 0 Å². The molecule has 0 radical (unpaired) electrons. The predicted octanol–water partition coefficient (Wildman–Crippen LogP) is 2.88. The van der Waals surface area contributed by atoms with Gasteiger partial charge in [-0.3, -0.25) is 14.5 Å². The lowest BCUT2D eigenvalue weighted by molar-refractivity contribution is -0.121. The highest BCUT2D eigenvalue weighted by Gasteiger charge is 2.25. The Hall–Kier alpha value is -1.96. The molecule has 0 saturated carbocycles. The average molecular weight is 376 g/mol. The van der Waals surface area contributed by atoms with E-state index in [0.29, 0.717) is 39.0 Å². The number of ether oxygens (including phenoxy) is 1. The van der Waals surface area contributed by atoms with Gasteiger partial charge in [-0.25, -0.2) is 0 Å². The Morgan fingerprint density at radius 1 is 1.19 bits per heavy atom. The smallest absolute Gasteiger partial charge is 0.220 e. The molecule has 6 nitrogen and oxygen atoms in total. The predicted molar refractivity (Wildman–Crippen MR) is 99.4 cm³/mol. The van der Waals surface area contributed by atoms with E-state index >= 15 is 0 Å². The summed E-state index contributed by atoms with van der Waals surface area (Å²) in [5, 5.41) is 4.88. The van der Waals surface area contributed by atoms with Gasteiger partial charge in [0.2, 0.25) is 5.91 Å². The minimum absolute atomic E-state index is 0.00519. The first kappa shape index (κ1) is 18.8. The third kappa shape index (κ3) is 5.27. The van der Waals surface area contributed by atoms with Crippen LogP contribution in [0.3, 0.4) is 0 Å². The quantitative estimate of drug-likeness (QED) is 0.682. The Morgan fingerprint density at radius 2 is 2.04 bits per heavy atom. The van der Waals surface area contributed by atoms with Crippen molar-refractivity contribution in [1.82, 2.24) is 10.2 Å². The summed E-state index contributed by atoms with van der Waals surface area (Å²) in [6.45, 7) is 3.50. The monoisotopic (exact) mass is 376 g/mol. The van der Waals surface area contributed by atoms with Crippen LogP contribution in [0.1, 0.15) is 40.7 Å². The molecular formula is C19H24N2O4S. The van der Waals surface area contributed by atoms with Gasteiger partial charge in [-0.2, -0.15) is 0 Å². The number of carbonyl (C=O) groups excluding carboxylic acids is 2. The lowest BCUT2D eigenvalue weighted by Gasteiger charge is -2.33. The number of carbonyl (C=O) groups is 2. The maximum absolute atomic E-state index is 12.2. The SMILES string of the molecule is O=C(CCCC(=O)c1cccs1)NCC(c1ccco1)N1CCOCC1. The van der Waals surface area contributed by atoms with Crippen molar-refractivity contribution in [3.05, 3.63) is 46.5 Å². The lowest BCUT2D eigenvalue weighted by Crippen LogP contribution is -2.43. The van der Waals surface area contributed by atoms with Crippen molar-refractivity contribution in [3.8, 4) is 0 Å². The second kappa shape index (κ2) is 9.66. The van der Waals surface area contributed by atoms with E-state index in [1.54, 1.807) is 6.26 Å². The molecule has 1 atom stereocenters. The van der Waals surface area contributed by atoms with E-state index in [1.807, 2.05) is 29.6 Å². The van der Waals surface area contributed by atoms with Crippen LogP contribution in [0.4, 0.5) is 0 Å². The Kier molecular flexibility index (Phi) is 6.99. The molecule has 3 heterocycles. The van der Waals surface area contributed by atoms with Gasteiger partial charge in [-0.05, 0) is 30.0 Å². The molecule has 0 spiro atoms. The summed E-state index contributed by atoms with van der Waals surface area (Å²) in [5.74, 6) is 0.920. The molecule has 1 N–H and O–H groups in total. The number of amides is 1. The number of Topliss-reactive ketones (excluding diaryl/α,β-unsaturated/α-hetero) is 1. The van der Waals surface area contributed by atoms with Gasteiger partial charge in [0.25, 0.3) is 0 Å². The van der Waals surface area contributed by atoms with E-state index in [2.05, 4.69) is 10.2 Å². The molecule has 140 valence electrons. The van der Waals surface area contributed by atoms with Gasteiger partial charge < -0.3 is 14.5 Å². The number of morpholine rings is 1. The fraction of sp³-hybridized carbons (Fsp3) is 0.474. The van der Waals surface area contributed by atoms with Crippen LogP contribution in [-0.2, 0) is 9.53 Å². The molecule has 1 fully saturated rings. The Labute approximate surface area is 157 Å². The van der Waals surface area contributed by atoms with Crippen molar-refractivity contribution in [2.45, 2.75) is 25.3 Å². The number of rotatable bonds is 9. The molecule has 3 rings (SSSR count). The van der Waals surface area contributed by atoms with Crippen LogP contribution in [0.25, 0.3) is 0 Å². The Morgan fingerprint density at radius 3 is 2.73 bits per heavy atom. The summed E-state index contributed by atoms with van der Waals surface area (Å²) in [6, 6.07) is 7.49. The van der Waals surface area contributed by atoms with Crippen LogP contribution in [0, 0.1) is 0 Å². The Balaban J connectivity index is 1.44. The van der Waals surface area contributed by atoms with E-state index in [9.17, 15) is 9.59 Å². The molecule has 1 aliphatic rings. The first-order chi connectivity index (χ1) is 12.7. The number of hydrogen-bond donors (Lipinski definition) is 1. The van der Waals surface area contributed by atoms with Crippen molar-refractivity contribution in [2.24, 2.45) is 0 Å². The van der Waals surface area contributed by atoms with Crippen LogP contribution in [0.2, 0.25) is 0 Å². The highest BCUT2D eigenvalue weighted by Crippen LogP contribution is 2.21. The van der Waals surface area contributed by atoms with Crippen LogP contribution < -0.4 is 5.32 Å². The van der Waals surface area contributed by atoms with E-state index in [-0.39, 0.29) is 17.7 Å². The zero-order chi connectivity index (χ0) is 18.2. The van der Waals surface area contributed by atoms with Crippen LogP contribution in [-0.4, -0.2) is 49.4 Å². The zero-order valence-electron chi connectivity index (χ0n) is 14.7. The van der Waals surface area contributed by atoms with Gasteiger partial charge >= 0.3 is 0 Å². The third-order valence-corrected chi connectivity index (χ3v) is 5.37. The normalized spacial score (nSPS) is 16.3. The second-order valence-corrected chi connectivity index (χ2v) is 7.19. The standard InChI is InChI=1S/C19H24N2O4S/c22-16(18-6-3-13-26-18)4-1-7-19(23)20-14-15(17-5-2-10-25-17)21-8-11-24-12-9-21/h2-3,5-6,10,13,15H,1,4,7-9,11-12,14H2,(H,20,23). The lowest BCUT2D eigenvalue weighted by atomic mass is 10.1. The summed E-state index contributed by atoms with van der Waals surface area (Å²) in [7, 11) is 0. The maximum atomic E-state index is 12.2. The molecule has 0 bridgehead atoms. The number of nitrogens with zero attached hydrogens (tertiary/aromatic N) is 1. The summed E-state index contributed by atoms with van der Waals surface area (Å²) >= 11 is 1.44. The molecule has 2 aromatic rings. The fourth-order valence-corrected chi connectivity index (χ4v) is 3.74. The van der Waals surface area contributed by atoms with E-state index in [4.69, 9.17) is 9.15 Å². The minimum Gasteiger partial charge on any atom is -0.468 e. The van der Waals surface area contributed by atoms with E-state index in [0.717, 1.165) is 23.7 Å². The first-order valence-corrected chi connectivity index (χ1v) is 9.80. The highest BCUT2D eigenvalue weighted by atomic mass is 32.1. The number of thiophene rings is 1. The third-order valence-electron chi connectivity index (χ3n) is 4.45. The van der Waals surface area contributed by atoms with Crippen molar-refractivity contribution >= 4 is 23.0 Å². The highest BCUT2D eigenvalue weighted by molar-refractivity contribution is 7.12. The molecular weight excluding hydrogens is 352 g/mol. The van der Waals surface area contributed by atoms with Crippen molar-refractivity contribution in [2.75, 3.05) is 32.8 Å². The number of ketones is 1. The summed E-state index contributed by atoms with van der Waals surface area (Å²) in [4.78, 5) is 27.2. The van der Waals surface area contributed by atoms with Crippen molar-refractivity contribution in [3.63, 3.8) is 0 Å². The molecule has 1 aliphatic heterocycles. The van der Waals surface area contributed by atoms with Gasteiger partial charge in [-0.15, -0.1) is 11.3 Å². The topological polar surface area (TPSA) is 71.8 Å². The fourth-order valence-electron chi connectivity index (χ4n) is 3.05. The van der Waals surface area contributed by atoms with E-state index in [1.165, 1.54) is 11.3 Å². The largest absolute Gasteiger partial charge is 0.468 e. The van der Waals surface area contributed by atoms with Crippen LogP contribution >= 0.6 is 11.3 Å². The van der Waals surface area contributed by atoms with Gasteiger partial charge in [0.05, 0.1) is 30.4 Å². The van der Waals surface area contributed by atoms with Gasteiger partial charge in [0.15, 0.2) is 5.78 Å². The number of furan rings is 1. The van der Waals surface area contributed by atoms with Gasteiger partial charge in [-0.1, -0.05) is 6.07 Å². The van der Waals surface area contributed by atoms with Crippen LogP contribution in [0.15, 0.2) is 40.3 Å². The summed E-state index contributed by atoms with van der Waals surface area (Å²) in [5.41, 5.74) is 0. The van der Waals surface area contributed by atoms with Gasteiger partial charge in [0, 0.05) is 32.5 Å². The number of nitrogens with one attached hydrogen (secondary N) is 1. The second-order valence-electron chi connectivity index (χ2n) is 6.24. The molecule has 1 amide bonds. The van der Waals surface area contributed by atoms with Crippen molar-refractivity contribution < 1.29 is 18.7 Å².